The molecule has 0 fully saturated rings. The van der Waals surface area contributed by atoms with E-state index in [0.29, 0.717) is 12.1 Å². The summed E-state index contributed by atoms with van der Waals surface area (Å²) in [7, 11) is 0. The Morgan fingerprint density at radius 3 is 2.68 bits per heavy atom. The van der Waals surface area contributed by atoms with Crippen LogP contribution in [-0.2, 0) is 13.1 Å². The molecule has 0 bridgehead atoms. The molecule has 5 heteroatoms. The average Bonchev–Trinajstić information content (AvgIpc) is 2.38. The number of aromatic nitrogens is 2. The molecule has 1 aromatic carbocycles. The van der Waals surface area contributed by atoms with Crippen LogP contribution >= 0.6 is 0 Å². The molecule has 1 heterocycles. The number of aryl methyl sites for hydroxylation is 1. The van der Waals surface area contributed by atoms with E-state index in [1.165, 1.54) is 21.4 Å². The van der Waals surface area contributed by atoms with Crippen molar-refractivity contribution in [3.63, 3.8) is 0 Å². The highest BCUT2D eigenvalue weighted by atomic mass is 16.3. The van der Waals surface area contributed by atoms with Crippen LogP contribution < -0.4 is 11.2 Å². The Kier molecular flexibility index (Phi) is 3.85. The number of phenolic OH excluding ortho intramolecular Hbond substituents is 1. The van der Waals surface area contributed by atoms with Crippen LogP contribution in [0, 0.1) is 0 Å². The fraction of sp³-hybridized carbons (Fsp3) is 0.286. The standard InChI is InChI=1S/C14H16N2O3/c1-2-7-15-8-6-13(18)16(14(15)19)10-11-4-3-5-12(17)9-11/h3-6,8-9,17H,2,7,10H2,1H3. The van der Waals surface area contributed by atoms with Crippen LogP contribution in [0.4, 0.5) is 0 Å². The Labute approximate surface area is 110 Å². The smallest absolute Gasteiger partial charge is 0.331 e. The van der Waals surface area contributed by atoms with Crippen LogP contribution in [0.15, 0.2) is 46.1 Å². The van der Waals surface area contributed by atoms with Crippen molar-refractivity contribution in [3.05, 3.63) is 62.9 Å². The highest BCUT2D eigenvalue weighted by Gasteiger charge is 2.05. The minimum absolute atomic E-state index is 0.121. The van der Waals surface area contributed by atoms with E-state index in [4.69, 9.17) is 0 Å². The molecule has 19 heavy (non-hydrogen) atoms. The van der Waals surface area contributed by atoms with Crippen molar-refractivity contribution in [3.8, 4) is 5.75 Å². The van der Waals surface area contributed by atoms with E-state index < -0.39 is 0 Å². The maximum atomic E-state index is 12.1. The summed E-state index contributed by atoms with van der Waals surface area (Å²) in [5.74, 6) is 0.121. The van der Waals surface area contributed by atoms with Crippen LogP contribution in [0.3, 0.4) is 0 Å². The van der Waals surface area contributed by atoms with Crippen LogP contribution in [0.5, 0.6) is 5.75 Å². The molecule has 0 atom stereocenters. The van der Waals surface area contributed by atoms with E-state index in [-0.39, 0.29) is 23.5 Å². The van der Waals surface area contributed by atoms with Crippen LogP contribution in [0.25, 0.3) is 0 Å². The van der Waals surface area contributed by atoms with Gasteiger partial charge in [-0.3, -0.25) is 9.36 Å². The molecule has 0 aliphatic carbocycles. The molecule has 1 N–H and O–H groups in total. The van der Waals surface area contributed by atoms with Gasteiger partial charge in [-0.15, -0.1) is 0 Å². The molecule has 2 aromatic rings. The molecule has 0 spiro atoms. The second kappa shape index (κ2) is 5.56. The Hall–Kier alpha value is -2.30. The van der Waals surface area contributed by atoms with Crippen molar-refractivity contribution in [2.75, 3.05) is 0 Å². The van der Waals surface area contributed by atoms with Crippen molar-refractivity contribution >= 4 is 0 Å². The van der Waals surface area contributed by atoms with Gasteiger partial charge in [-0.2, -0.15) is 0 Å². The second-order valence-corrected chi connectivity index (χ2v) is 4.39. The van der Waals surface area contributed by atoms with E-state index in [9.17, 15) is 14.7 Å². The molecule has 0 unspecified atom stereocenters. The van der Waals surface area contributed by atoms with Crippen LogP contribution in [0.1, 0.15) is 18.9 Å². The van der Waals surface area contributed by atoms with E-state index in [2.05, 4.69) is 0 Å². The predicted molar refractivity (Wildman–Crippen MR) is 72.5 cm³/mol. The zero-order valence-electron chi connectivity index (χ0n) is 10.7. The van der Waals surface area contributed by atoms with Gasteiger partial charge in [0.25, 0.3) is 5.56 Å². The topological polar surface area (TPSA) is 64.2 Å². The Balaban J connectivity index is 2.42. The summed E-state index contributed by atoms with van der Waals surface area (Å²) in [6, 6.07) is 7.93. The van der Waals surface area contributed by atoms with Crippen molar-refractivity contribution < 1.29 is 5.11 Å². The van der Waals surface area contributed by atoms with Gasteiger partial charge in [0.1, 0.15) is 5.75 Å². The first-order valence-corrected chi connectivity index (χ1v) is 6.20. The number of benzene rings is 1. The lowest BCUT2D eigenvalue weighted by Crippen LogP contribution is -2.39. The molecule has 0 radical (unpaired) electrons. The largest absolute Gasteiger partial charge is 0.508 e. The lowest BCUT2D eigenvalue weighted by atomic mass is 10.2. The van der Waals surface area contributed by atoms with Gasteiger partial charge >= 0.3 is 5.69 Å². The number of aromatic hydroxyl groups is 1. The molecule has 0 saturated heterocycles. The summed E-state index contributed by atoms with van der Waals surface area (Å²) >= 11 is 0. The first-order chi connectivity index (χ1) is 9.11. The molecule has 5 nitrogen and oxygen atoms in total. The molecule has 0 aliphatic rings. The minimum Gasteiger partial charge on any atom is -0.508 e. The third kappa shape index (κ3) is 2.93. The van der Waals surface area contributed by atoms with E-state index in [1.807, 2.05) is 6.92 Å². The Morgan fingerprint density at radius 2 is 2.00 bits per heavy atom. The fourth-order valence-corrected chi connectivity index (χ4v) is 1.95. The third-order valence-electron chi connectivity index (χ3n) is 2.86. The highest BCUT2D eigenvalue weighted by Crippen LogP contribution is 2.10. The molecule has 100 valence electrons. The monoisotopic (exact) mass is 260 g/mol. The molecule has 0 aliphatic heterocycles. The molecule has 1 aromatic heterocycles. The minimum atomic E-state index is -0.333. The van der Waals surface area contributed by atoms with E-state index in [1.54, 1.807) is 24.3 Å². The van der Waals surface area contributed by atoms with Crippen molar-refractivity contribution in [2.24, 2.45) is 0 Å². The number of hydrogen-bond donors (Lipinski definition) is 1. The number of phenols is 1. The highest BCUT2D eigenvalue weighted by molar-refractivity contribution is 5.27. The fourth-order valence-electron chi connectivity index (χ4n) is 1.95. The zero-order chi connectivity index (χ0) is 13.8. The molecular formula is C14H16N2O3. The van der Waals surface area contributed by atoms with Gasteiger partial charge in [-0.25, -0.2) is 4.79 Å². The van der Waals surface area contributed by atoms with Gasteiger partial charge in [-0.05, 0) is 24.1 Å². The molecule has 2 rings (SSSR count). The zero-order valence-corrected chi connectivity index (χ0v) is 10.7. The molecule has 0 saturated carbocycles. The first kappa shape index (κ1) is 13.1. The second-order valence-electron chi connectivity index (χ2n) is 4.39. The molecular weight excluding hydrogens is 244 g/mol. The summed E-state index contributed by atoms with van der Waals surface area (Å²) in [5, 5.41) is 9.40. The number of hydrogen-bond acceptors (Lipinski definition) is 3. The van der Waals surface area contributed by atoms with Gasteiger partial charge in [-0.1, -0.05) is 19.1 Å². The maximum Gasteiger partial charge on any atom is 0.331 e. The van der Waals surface area contributed by atoms with Crippen molar-refractivity contribution in [1.29, 1.82) is 0 Å². The van der Waals surface area contributed by atoms with Gasteiger partial charge < -0.3 is 9.67 Å². The summed E-state index contributed by atoms with van der Waals surface area (Å²) in [5.41, 5.74) is 0.0619. The normalized spacial score (nSPS) is 10.6. The Bertz CT molecular complexity index is 686. The van der Waals surface area contributed by atoms with Crippen molar-refractivity contribution in [1.82, 2.24) is 9.13 Å². The maximum absolute atomic E-state index is 12.1. The summed E-state index contributed by atoms with van der Waals surface area (Å²) in [6.45, 7) is 2.72. The quantitative estimate of drug-likeness (QED) is 0.897. The van der Waals surface area contributed by atoms with Gasteiger partial charge in [0.15, 0.2) is 0 Å². The van der Waals surface area contributed by atoms with Gasteiger partial charge in [0, 0.05) is 18.8 Å². The van der Waals surface area contributed by atoms with Gasteiger partial charge in [0.2, 0.25) is 0 Å². The lowest BCUT2D eigenvalue weighted by molar-refractivity contribution is 0.474. The SMILES string of the molecule is CCCn1ccc(=O)n(Cc2cccc(O)c2)c1=O. The average molecular weight is 260 g/mol. The van der Waals surface area contributed by atoms with Gasteiger partial charge in [0.05, 0.1) is 6.54 Å². The molecule has 0 amide bonds. The number of rotatable bonds is 4. The number of nitrogens with zero attached hydrogens (tertiary/aromatic N) is 2. The summed E-state index contributed by atoms with van der Waals surface area (Å²) in [6.07, 6.45) is 2.34. The lowest BCUT2D eigenvalue weighted by Gasteiger charge is -2.09. The van der Waals surface area contributed by atoms with Crippen LogP contribution in [-0.4, -0.2) is 14.2 Å². The van der Waals surface area contributed by atoms with E-state index in [0.717, 1.165) is 6.42 Å². The summed E-state index contributed by atoms with van der Waals surface area (Å²) < 4.78 is 2.69. The third-order valence-corrected chi connectivity index (χ3v) is 2.86. The Morgan fingerprint density at radius 1 is 1.21 bits per heavy atom. The van der Waals surface area contributed by atoms with E-state index >= 15 is 0 Å². The van der Waals surface area contributed by atoms with Crippen LogP contribution in [0.2, 0.25) is 0 Å². The summed E-state index contributed by atoms with van der Waals surface area (Å²) in [4.78, 5) is 23.9. The van der Waals surface area contributed by atoms with Crippen molar-refractivity contribution in [2.45, 2.75) is 26.4 Å². The predicted octanol–water partition coefficient (Wildman–Crippen LogP) is 1.17. The first-order valence-electron chi connectivity index (χ1n) is 6.20.